The van der Waals surface area contributed by atoms with Crippen LogP contribution in [-0.4, -0.2) is 32.5 Å². The summed E-state index contributed by atoms with van der Waals surface area (Å²) < 4.78 is 22.5. The summed E-state index contributed by atoms with van der Waals surface area (Å²) in [5, 5.41) is 6.65. The number of hydrogen-bond acceptors (Lipinski definition) is 4. The molecule has 19 heavy (non-hydrogen) atoms. The van der Waals surface area contributed by atoms with Crippen molar-refractivity contribution in [3.8, 4) is 0 Å². The van der Waals surface area contributed by atoms with Crippen molar-refractivity contribution in [3.05, 3.63) is 29.3 Å². The van der Waals surface area contributed by atoms with Crippen LogP contribution in [0.2, 0.25) is 0 Å². The molecule has 106 valence electrons. The number of fused-ring (bicyclic) bond motifs is 1. The van der Waals surface area contributed by atoms with Crippen LogP contribution in [0.3, 0.4) is 0 Å². The summed E-state index contributed by atoms with van der Waals surface area (Å²) in [5.41, 5.74) is 3.77. The Hall–Kier alpha value is -1.07. The Morgan fingerprint density at radius 1 is 1.37 bits per heavy atom. The van der Waals surface area contributed by atoms with Crippen LogP contribution in [0.1, 0.15) is 25.0 Å². The summed E-state index contributed by atoms with van der Waals surface area (Å²) in [4.78, 5) is 0. The molecule has 1 aromatic rings. The third-order valence-electron chi connectivity index (χ3n) is 3.80. The highest BCUT2D eigenvalue weighted by atomic mass is 32.2. The highest BCUT2D eigenvalue weighted by Crippen LogP contribution is 2.26. The van der Waals surface area contributed by atoms with Crippen molar-refractivity contribution in [3.63, 3.8) is 0 Å². The number of anilines is 1. The molecule has 0 radical (unpaired) electrons. The van der Waals surface area contributed by atoms with Crippen LogP contribution in [0.15, 0.2) is 18.2 Å². The van der Waals surface area contributed by atoms with Gasteiger partial charge >= 0.3 is 0 Å². The number of hydrogen-bond donors (Lipinski definition) is 2. The average Bonchev–Trinajstić information content (AvgIpc) is 2.76. The van der Waals surface area contributed by atoms with Gasteiger partial charge in [0.1, 0.15) is 0 Å². The summed E-state index contributed by atoms with van der Waals surface area (Å²) in [5.74, 6) is 0. The third-order valence-corrected chi connectivity index (χ3v) is 5.95. The lowest BCUT2D eigenvalue weighted by Crippen LogP contribution is -2.41. The van der Waals surface area contributed by atoms with Crippen LogP contribution in [0, 0.1) is 0 Å². The Morgan fingerprint density at radius 2 is 2.11 bits per heavy atom. The predicted molar refractivity (Wildman–Crippen MR) is 79.3 cm³/mol. The molecule has 0 unspecified atom stereocenters. The Kier molecular flexibility index (Phi) is 3.87. The number of rotatable bonds is 5. The number of para-hydroxylation sites is 1. The largest absolute Gasteiger partial charge is 0.384 e. The number of benzene rings is 1. The lowest BCUT2D eigenvalue weighted by molar-refractivity contribution is 0.521. The molecule has 0 atom stereocenters. The molecular formula is C14H22N2O2S. The van der Waals surface area contributed by atoms with Gasteiger partial charge in [0.15, 0.2) is 9.84 Å². The van der Waals surface area contributed by atoms with Crippen LogP contribution in [0.4, 0.5) is 5.69 Å². The van der Waals surface area contributed by atoms with Crippen molar-refractivity contribution < 1.29 is 8.42 Å². The second-order valence-corrected chi connectivity index (χ2v) is 8.41. The zero-order chi connectivity index (χ0) is 14.1. The van der Waals surface area contributed by atoms with E-state index >= 15 is 0 Å². The molecule has 4 nitrogen and oxygen atoms in total. The van der Waals surface area contributed by atoms with Crippen LogP contribution in [0.25, 0.3) is 0 Å². The van der Waals surface area contributed by atoms with Crippen LogP contribution in [-0.2, 0) is 22.8 Å². The molecule has 1 aliphatic rings. The maximum absolute atomic E-state index is 11.6. The van der Waals surface area contributed by atoms with E-state index in [2.05, 4.69) is 28.8 Å². The third kappa shape index (κ3) is 3.09. The smallest absolute Gasteiger partial charge is 0.153 e. The lowest BCUT2D eigenvalue weighted by atomic mass is 10.1. The van der Waals surface area contributed by atoms with E-state index in [1.54, 1.807) is 13.8 Å². The fraction of sp³-hybridized carbons (Fsp3) is 0.571. The molecule has 0 amide bonds. The van der Waals surface area contributed by atoms with E-state index < -0.39 is 14.6 Å². The van der Waals surface area contributed by atoms with Gasteiger partial charge in [0, 0.05) is 31.6 Å². The Bertz CT molecular complexity index is 565. The average molecular weight is 282 g/mol. The van der Waals surface area contributed by atoms with Gasteiger partial charge in [-0.1, -0.05) is 18.2 Å². The molecule has 2 N–H and O–H groups in total. The first-order chi connectivity index (χ1) is 8.81. The molecule has 0 saturated heterocycles. The lowest BCUT2D eigenvalue weighted by Gasteiger charge is -2.23. The summed E-state index contributed by atoms with van der Waals surface area (Å²) in [7, 11) is -3.05. The SMILES string of the molecule is CC(C)(CNCc1cccc2c1NCC2)S(C)(=O)=O. The second-order valence-electron chi connectivity index (χ2n) is 5.76. The van der Waals surface area contributed by atoms with Gasteiger partial charge in [-0.3, -0.25) is 0 Å². The highest BCUT2D eigenvalue weighted by Gasteiger charge is 2.29. The standard InChI is InChI=1S/C14H22N2O2S/c1-14(2,19(3,17)18)10-15-9-12-6-4-5-11-7-8-16-13(11)12/h4-6,15-16H,7-10H2,1-3H3. The van der Waals surface area contributed by atoms with Gasteiger partial charge in [-0.15, -0.1) is 0 Å². The van der Waals surface area contributed by atoms with Crippen molar-refractivity contribution in [1.82, 2.24) is 5.32 Å². The molecule has 1 heterocycles. The van der Waals surface area contributed by atoms with E-state index in [0.29, 0.717) is 13.1 Å². The second kappa shape index (κ2) is 5.13. The van der Waals surface area contributed by atoms with Crippen molar-refractivity contribution in [2.24, 2.45) is 0 Å². The summed E-state index contributed by atoms with van der Waals surface area (Å²) in [6.45, 7) is 5.64. The highest BCUT2D eigenvalue weighted by molar-refractivity contribution is 7.92. The molecule has 0 aliphatic carbocycles. The molecule has 5 heteroatoms. The van der Waals surface area contributed by atoms with E-state index in [4.69, 9.17) is 0 Å². The predicted octanol–water partition coefficient (Wildman–Crippen LogP) is 1.57. The van der Waals surface area contributed by atoms with Crippen molar-refractivity contribution in [1.29, 1.82) is 0 Å². The molecular weight excluding hydrogens is 260 g/mol. The van der Waals surface area contributed by atoms with Crippen molar-refractivity contribution in [2.45, 2.75) is 31.6 Å². The maximum atomic E-state index is 11.6. The first kappa shape index (κ1) is 14.3. The Balaban J connectivity index is 2.00. The summed E-state index contributed by atoms with van der Waals surface area (Å²) >= 11 is 0. The van der Waals surface area contributed by atoms with E-state index in [1.165, 1.54) is 23.1 Å². The zero-order valence-corrected chi connectivity index (χ0v) is 12.6. The zero-order valence-electron chi connectivity index (χ0n) is 11.8. The van der Waals surface area contributed by atoms with Gasteiger partial charge in [-0.2, -0.15) is 0 Å². The van der Waals surface area contributed by atoms with Crippen LogP contribution >= 0.6 is 0 Å². The van der Waals surface area contributed by atoms with Crippen LogP contribution in [0.5, 0.6) is 0 Å². The first-order valence-electron chi connectivity index (χ1n) is 6.56. The van der Waals surface area contributed by atoms with Crippen molar-refractivity contribution in [2.75, 3.05) is 24.7 Å². The number of sulfone groups is 1. The summed E-state index contributed by atoms with van der Waals surface area (Å²) in [6.07, 6.45) is 2.36. The molecule has 2 rings (SSSR count). The quantitative estimate of drug-likeness (QED) is 0.860. The van der Waals surface area contributed by atoms with E-state index in [0.717, 1.165) is 13.0 Å². The molecule has 0 saturated carbocycles. The molecule has 1 aliphatic heterocycles. The van der Waals surface area contributed by atoms with Gasteiger partial charge in [-0.25, -0.2) is 8.42 Å². The molecule has 0 spiro atoms. The monoisotopic (exact) mass is 282 g/mol. The van der Waals surface area contributed by atoms with Gasteiger partial charge in [0.05, 0.1) is 4.75 Å². The molecule has 1 aromatic carbocycles. The minimum absolute atomic E-state index is 0.454. The normalized spacial score (nSPS) is 15.1. The Labute approximate surface area is 115 Å². The minimum atomic E-state index is -3.05. The molecule has 0 bridgehead atoms. The van der Waals surface area contributed by atoms with E-state index in [-0.39, 0.29) is 0 Å². The topological polar surface area (TPSA) is 58.2 Å². The number of nitrogens with one attached hydrogen (secondary N) is 2. The molecule has 0 aromatic heterocycles. The fourth-order valence-electron chi connectivity index (χ4n) is 2.19. The van der Waals surface area contributed by atoms with E-state index in [1.807, 2.05) is 0 Å². The maximum Gasteiger partial charge on any atom is 0.153 e. The van der Waals surface area contributed by atoms with E-state index in [9.17, 15) is 8.42 Å². The molecule has 0 fully saturated rings. The first-order valence-corrected chi connectivity index (χ1v) is 8.45. The van der Waals surface area contributed by atoms with Gasteiger partial charge in [0.25, 0.3) is 0 Å². The van der Waals surface area contributed by atoms with Gasteiger partial charge in [-0.05, 0) is 31.4 Å². The van der Waals surface area contributed by atoms with Gasteiger partial charge in [0.2, 0.25) is 0 Å². The van der Waals surface area contributed by atoms with Crippen molar-refractivity contribution >= 4 is 15.5 Å². The van der Waals surface area contributed by atoms with Crippen LogP contribution < -0.4 is 10.6 Å². The van der Waals surface area contributed by atoms with Gasteiger partial charge < -0.3 is 10.6 Å². The minimum Gasteiger partial charge on any atom is -0.384 e. The fourth-order valence-corrected chi connectivity index (χ4v) is 2.55. The Morgan fingerprint density at radius 3 is 2.79 bits per heavy atom. The summed E-state index contributed by atoms with van der Waals surface area (Å²) in [6, 6.07) is 6.28.